The number of amides is 1. The molecule has 19 heavy (non-hydrogen) atoms. The van der Waals surface area contributed by atoms with Crippen LogP contribution < -0.4 is 10.6 Å². The van der Waals surface area contributed by atoms with Crippen molar-refractivity contribution in [3.05, 3.63) is 39.9 Å². The Morgan fingerprint density at radius 1 is 1.42 bits per heavy atom. The second-order valence-corrected chi connectivity index (χ2v) is 5.11. The molecule has 1 aliphatic rings. The number of anilines is 1. The van der Waals surface area contributed by atoms with Crippen molar-refractivity contribution >= 4 is 35.0 Å². The molecular formula is C11H8ClF3N2OS. The van der Waals surface area contributed by atoms with Crippen LogP contribution in [0.15, 0.2) is 34.9 Å². The molecule has 2 N–H and O–H groups in total. The van der Waals surface area contributed by atoms with Crippen molar-refractivity contribution in [2.75, 3.05) is 10.8 Å². The molecule has 1 aromatic rings. The van der Waals surface area contributed by atoms with E-state index in [2.05, 4.69) is 0 Å². The summed E-state index contributed by atoms with van der Waals surface area (Å²) in [5.74, 6) is -1.12. The average Bonchev–Trinajstić information content (AvgIpc) is 2.73. The smallest absolute Gasteiger partial charge is 0.365 e. The van der Waals surface area contributed by atoms with Crippen molar-refractivity contribution in [2.45, 2.75) is 6.18 Å². The Kier molecular flexibility index (Phi) is 3.69. The summed E-state index contributed by atoms with van der Waals surface area (Å²) in [5.41, 5.74) is 4.22. The average molecular weight is 309 g/mol. The summed E-state index contributed by atoms with van der Waals surface area (Å²) in [5, 5.41) is 0.316. The van der Waals surface area contributed by atoms with Crippen LogP contribution >= 0.6 is 23.4 Å². The summed E-state index contributed by atoms with van der Waals surface area (Å²) in [6.07, 6.45) is -4.66. The van der Waals surface area contributed by atoms with Crippen LogP contribution in [-0.2, 0) is 4.79 Å². The van der Waals surface area contributed by atoms with Crippen LogP contribution in [0, 0.1) is 0 Å². The number of nitrogens with zero attached hydrogens (tertiary/aromatic N) is 1. The Hall–Kier alpha value is -1.34. The number of carbonyl (C=O) groups excluding carboxylic acids is 1. The van der Waals surface area contributed by atoms with E-state index in [0.29, 0.717) is 5.02 Å². The van der Waals surface area contributed by atoms with Crippen molar-refractivity contribution in [3.8, 4) is 0 Å². The van der Waals surface area contributed by atoms with Crippen LogP contribution in [0.1, 0.15) is 0 Å². The van der Waals surface area contributed by atoms with Gasteiger partial charge in [0.1, 0.15) is 10.6 Å². The molecule has 0 fully saturated rings. The molecule has 3 nitrogen and oxygen atoms in total. The van der Waals surface area contributed by atoms with Crippen LogP contribution in [0.25, 0.3) is 0 Å². The van der Waals surface area contributed by atoms with Gasteiger partial charge < -0.3 is 10.6 Å². The zero-order chi connectivity index (χ0) is 14.2. The molecule has 102 valence electrons. The molecule has 0 saturated carbocycles. The SMILES string of the molecule is NC(=O)C1=C(C(F)(F)F)N(c2cccc(Cl)c2)CS1. The van der Waals surface area contributed by atoms with Crippen molar-refractivity contribution in [3.63, 3.8) is 0 Å². The van der Waals surface area contributed by atoms with Gasteiger partial charge in [-0.2, -0.15) is 13.2 Å². The summed E-state index contributed by atoms with van der Waals surface area (Å²) in [6, 6.07) is 5.98. The van der Waals surface area contributed by atoms with Crippen LogP contribution in [0.5, 0.6) is 0 Å². The first-order valence-corrected chi connectivity index (χ1v) is 6.44. The van der Waals surface area contributed by atoms with E-state index in [9.17, 15) is 18.0 Å². The lowest BCUT2D eigenvalue weighted by Gasteiger charge is -2.23. The van der Waals surface area contributed by atoms with E-state index in [1.54, 1.807) is 12.1 Å². The Morgan fingerprint density at radius 3 is 2.63 bits per heavy atom. The van der Waals surface area contributed by atoms with Gasteiger partial charge in [0.25, 0.3) is 5.91 Å². The minimum absolute atomic E-state index is 0.0343. The number of thioether (sulfide) groups is 1. The Balaban J connectivity index is 2.51. The summed E-state index contributed by atoms with van der Waals surface area (Å²) >= 11 is 6.52. The standard InChI is InChI=1S/C11H8ClF3N2OS/c12-6-2-1-3-7(4-6)17-5-19-8(10(16)18)9(17)11(13,14)15/h1-4H,5H2,(H2,16,18). The largest absolute Gasteiger partial charge is 0.432 e. The first-order valence-electron chi connectivity index (χ1n) is 5.08. The maximum absolute atomic E-state index is 13.1. The highest BCUT2D eigenvalue weighted by Crippen LogP contribution is 2.43. The second-order valence-electron chi connectivity index (χ2n) is 3.72. The second kappa shape index (κ2) is 4.97. The summed E-state index contributed by atoms with van der Waals surface area (Å²) < 4.78 is 39.2. The minimum atomic E-state index is -4.66. The predicted octanol–water partition coefficient (Wildman–Crippen LogP) is 3.11. The zero-order valence-electron chi connectivity index (χ0n) is 9.37. The van der Waals surface area contributed by atoms with Crippen LogP contribution in [0.3, 0.4) is 0 Å². The maximum Gasteiger partial charge on any atom is 0.432 e. The van der Waals surface area contributed by atoms with Gasteiger partial charge in [-0.25, -0.2) is 0 Å². The number of alkyl halides is 3. The maximum atomic E-state index is 13.1. The molecule has 1 amide bonds. The molecule has 0 bridgehead atoms. The first-order chi connectivity index (χ1) is 8.80. The number of rotatable bonds is 2. The van der Waals surface area contributed by atoms with Gasteiger partial charge in [0, 0.05) is 10.7 Å². The topological polar surface area (TPSA) is 46.3 Å². The van der Waals surface area contributed by atoms with Gasteiger partial charge in [-0.1, -0.05) is 29.4 Å². The van der Waals surface area contributed by atoms with Gasteiger partial charge in [0.2, 0.25) is 0 Å². The highest BCUT2D eigenvalue weighted by molar-refractivity contribution is 8.04. The van der Waals surface area contributed by atoms with Crippen LogP contribution in [0.4, 0.5) is 18.9 Å². The highest BCUT2D eigenvalue weighted by atomic mass is 35.5. The highest BCUT2D eigenvalue weighted by Gasteiger charge is 2.45. The number of allylic oxidation sites excluding steroid dienone is 1. The monoisotopic (exact) mass is 308 g/mol. The van der Waals surface area contributed by atoms with Gasteiger partial charge >= 0.3 is 6.18 Å². The third-order valence-corrected chi connectivity index (χ3v) is 3.74. The van der Waals surface area contributed by atoms with Crippen molar-refractivity contribution in [2.24, 2.45) is 5.73 Å². The molecule has 0 radical (unpaired) electrons. The number of hydrogen-bond donors (Lipinski definition) is 1. The number of nitrogens with two attached hydrogens (primary N) is 1. The molecule has 2 rings (SSSR count). The van der Waals surface area contributed by atoms with Crippen molar-refractivity contribution in [1.82, 2.24) is 0 Å². The lowest BCUT2D eigenvalue weighted by molar-refractivity contribution is -0.115. The summed E-state index contributed by atoms with van der Waals surface area (Å²) in [4.78, 5) is 11.6. The third-order valence-electron chi connectivity index (χ3n) is 2.44. The van der Waals surface area contributed by atoms with Crippen LogP contribution in [-0.4, -0.2) is 18.0 Å². The van der Waals surface area contributed by atoms with Crippen LogP contribution in [0.2, 0.25) is 5.02 Å². The normalized spacial score (nSPS) is 16.1. The first kappa shape index (κ1) is 14.1. The van der Waals surface area contributed by atoms with E-state index in [0.717, 1.165) is 16.7 Å². The third kappa shape index (κ3) is 2.82. The number of benzene rings is 1. The lowest BCUT2D eigenvalue weighted by Crippen LogP contribution is -2.30. The van der Waals surface area contributed by atoms with E-state index < -0.39 is 22.7 Å². The molecule has 8 heteroatoms. The Morgan fingerprint density at radius 2 is 2.11 bits per heavy atom. The van der Waals surface area contributed by atoms with Gasteiger partial charge in [-0.05, 0) is 18.2 Å². The number of halogens is 4. The number of carbonyl (C=O) groups is 1. The van der Waals surface area contributed by atoms with Gasteiger partial charge in [0.05, 0.1) is 5.88 Å². The molecule has 0 saturated heterocycles. The van der Waals surface area contributed by atoms with Gasteiger partial charge in [0.15, 0.2) is 0 Å². The zero-order valence-corrected chi connectivity index (χ0v) is 10.9. The van der Waals surface area contributed by atoms with E-state index >= 15 is 0 Å². The predicted molar refractivity (Wildman–Crippen MR) is 68.7 cm³/mol. The fraction of sp³-hybridized carbons (Fsp3) is 0.182. The van der Waals surface area contributed by atoms with E-state index in [-0.39, 0.29) is 11.6 Å². The molecule has 1 aliphatic heterocycles. The minimum Gasteiger partial charge on any atom is -0.365 e. The van der Waals surface area contributed by atoms with E-state index in [1.165, 1.54) is 12.1 Å². The van der Waals surface area contributed by atoms with Crippen molar-refractivity contribution < 1.29 is 18.0 Å². The molecule has 0 aliphatic carbocycles. The molecule has 0 spiro atoms. The fourth-order valence-electron chi connectivity index (χ4n) is 1.70. The molecular weight excluding hydrogens is 301 g/mol. The quantitative estimate of drug-likeness (QED) is 0.913. The molecule has 1 aromatic carbocycles. The summed E-state index contributed by atoms with van der Waals surface area (Å²) in [6.45, 7) is 0. The molecule has 0 unspecified atom stereocenters. The fourth-order valence-corrected chi connectivity index (χ4v) is 2.93. The van der Waals surface area contributed by atoms with Crippen molar-refractivity contribution in [1.29, 1.82) is 0 Å². The van der Waals surface area contributed by atoms with Gasteiger partial charge in [-0.15, -0.1) is 0 Å². The van der Waals surface area contributed by atoms with E-state index in [1.807, 2.05) is 0 Å². The number of primary amides is 1. The Labute approximate surface area is 116 Å². The van der Waals surface area contributed by atoms with Gasteiger partial charge in [-0.3, -0.25) is 4.79 Å². The molecule has 0 atom stereocenters. The number of hydrogen-bond acceptors (Lipinski definition) is 3. The molecule has 1 heterocycles. The summed E-state index contributed by atoms with van der Waals surface area (Å²) in [7, 11) is 0. The molecule has 0 aromatic heterocycles. The lowest BCUT2D eigenvalue weighted by atomic mass is 10.2. The Bertz CT molecular complexity index is 559. The van der Waals surface area contributed by atoms with E-state index in [4.69, 9.17) is 17.3 Å².